The molecule has 1 aromatic heterocycles. The van der Waals surface area contributed by atoms with Gasteiger partial charge in [-0.25, -0.2) is 13.4 Å². The summed E-state index contributed by atoms with van der Waals surface area (Å²) in [6.07, 6.45) is 6.55. The molecule has 0 N–H and O–H groups in total. The van der Waals surface area contributed by atoms with Crippen LogP contribution < -0.4 is 0 Å². The van der Waals surface area contributed by atoms with Crippen molar-refractivity contribution in [1.29, 1.82) is 0 Å². The molecule has 1 aliphatic rings. The maximum Gasteiger partial charge on any atom is 0.244 e. The Morgan fingerprint density at radius 1 is 1.09 bits per heavy atom. The number of nitrogens with zero attached hydrogens (tertiary/aromatic N) is 3. The minimum absolute atomic E-state index is 0.00510. The number of pyridine rings is 1. The van der Waals surface area contributed by atoms with E-state index < -0.39 is 10.0 Å². The molecule has 1 aromatic carbocycles. The maximum absolute atomic E-state index is 12.9. The maximum atomic E-state index is 12.9. The van der Waals surface area contributed by atoms with Crippen molar-refractivity contribution in [2.24, 2.45) is 0 Å². The highest BCUT2D eigenvalue weighted by Gasteiger charge is 2.29. The fraction of sp³-hybridized carbons (Fsp3) is 0.500. The van der Waals surface area contributed by atoms with Gasteiger partial charge in [-0.05, 0) is 49.9 Å². The van der Waals surface area contributed by atoms with E-state index in [1.165, 1.54) is 39.8 Å². The molecule has 0 spiro atoms. The monoisotopic (exact) mass is 475 g/mol. The zero-order chi connectivity index (χ0) is 23.3. The second kappa shape index (κ2) is 10.8. The Kier molecular flexibility index (Phi) is 8.36. The van der Waals surface area contributed by atoms with Gasteiger partial charge < -0.3 is 4.90 Å². The molecule has 0 radical (unpaired) electrons. The van der Waals surface area contributed by atoms with Crippen LogP contribution in [0.4, 0.5) is 0 Å². The standard InChI is InChI=1S/C24H33N3O3S2/c1-18-10-11-20(19(2)14-18)16-26(3)24(28)17-31-23-13-12-22(15-25-23)32(29,30)27(4)21-8-6-5-7-9-21/h10-15,21H,5-9,16-17H2,1-4H3. The Labute approximate surface area is 196 Å². The molecule has 6 nitrogen and oxygen atoms in total. The van der Waals surface area contributed by atoms with Crippen molar-refractivity contribution in [3.05, 3.63) is 53.2 Å². The molecule has 1 amide bonds. The molecule has 0 saturated heterocycles. The fourth-order valence-electron chi connectivity index (χ4n) is 4.02. The third-order valence-corrected chi connectivity index (χ3v) is 8.97. The van der Waals surface area contributed by atoms with Crippen LogP contribution in [0.5, 0.6) is 0 Å². The number of hydrogen-bond acceptors (Lipinski definition) is 5. The average Bonchev–Trinajstić information content (AvgIpc) is 2.79. The molecule has 1 aliphatic carbocycles. The number of hydrogen-bond donors (Lipinski definition) is 0. The number of amides is 1. The Bertz CT molecular complexity index is 1030. The molecule has 1 fully saturated rings. The molecule has 0 aliphatic heterocycles. The van der Waals surface area contributed by atoms with Crippen LogP contribution in [0.15, 0.2) is 46.5 Å². The Hall–Kier alpha value is -1.90. The molecule has 0 unspecified atom stereocenters. The van der Waals surface area contributed by atoms with Gasteiger partial charge in [-0.15, -0.1) is 0 Å². The van der Waals surface area contributed by atoms with E-state index in [4.69, 9.17) is 0 Å². The van der Waals surface area contributed by atoms with Crippen LogP contribution >= 0.6 is 11.8 Å². The number of sulfonamides is 1. The van der Waals surface area contributed by atoms with Crippen LogP contribution in [0, 0.1) is 13.8 Å². The lowest BCUT2D eigenvalue weighted by Gasteiger charge is -2.30. The summed E-state index contributed by atoms with van der Waals surface area (Å²) in [6.45, 7) is 4.67. The molecule has 1 saturated carbocycles. The zero-order valence-corrected chi connectivity index (χ0v) is 21.0. The topological polar surface area (TPSA) is 70.6 Å². The molecule has 0 bridgehead atoms. The molecule has 174 valence electrons. The summed E-state index contributed by atoms with van der Waals surface area (Å²) in [7, 11) is -0.0925. The normalized spacial score (nSPS) is 15.2. The first kappa shape index (κ1) is 24.7. The number of thioether (sulfide) groups is 1. The third-order valence-electron chi connectivity index (χ3n) is 6.15. The zero-order valence-electron chi connectivity index (χ0n) is 19.4. The number of aryl methyl sites for hydroxylation is 2. The SMILES string of the molecule is Cc1ccc(CN(C)C(=O)CSc2ccc(S(=O)(=O)N(C)C3CCCCC3)cn2)c(C)c1. The molecular weight excluding hydrogens is 442 g/mol. The van der Waals surface area contributed by atoms with Gasteiger partial charge in [0.2, 0.25) is 15.9 Å². The van der Waals surface area contributed by atoms with E-state index in [9.17, 15) is 13.2 Å². The van der Waals surface area contributed by atoms with Gasteiger partial charge in [-0.1, -0.05) is 54.8 Å². The summed E-state index contributed by atoms with van der Waals surface area (Å²) in [4.78, 5) is 18.8. The van der Waals surface area contributed by atoms with Crippen LogP contribution in [0.2, 0.25) is 0 Å². The van der Waals surface area contributed by atoms with Crippen LogP contribution in [0.25, 0.3) is 0 Å². The second-order valence-corrected chi connectivity index (χ2v) is 11.6. The first-order valence-electron chi connectivity index (χ1n) is 11.1. The van der Waals surface area contributed by atoms with E-state index in [2.05, 4.69) is 37.0 Å². The summed E-state index contributed by atoms with van der Waals surface area (Å²) in [5.74, 6) is 0.258. The molecule has 8 heteroatoms. The van der Waals surface area contributed by atoms with Crippen LogP contribution in [0.3, 0.4) is 0 Å². The largest absolute Gasteiger partial charge is 0.341 e. The summed E-state index contributed by atoms with van der Waals surface area (Å²) in [6, 6.07) is 9.58. The van der Waals surface area contributed by atoms with E-state index in [0.29, 0.717) is 11.6 Å². The number of benzene rings is 1. The van der Waals surface area contributed by atoms with Gasteiger partial charge in [-0.3, -0.25) is 4.79 Å². The summed E-state index contributed by atoms with van der Waals surface area (Å²) in [5.41, 5.74) is 3.51. The van der Waals surface area contributed by atoms with Gasteiger partial charge in [0.15, 0.2) is 0 Å². The quantitative estimate of drug-likeness (QED) is 0.529. The molecule has 3 rings (SSSR count). The second-order valence-electron chi connectivity index (χ2n) is 8.61. The minimum atomic E-state index is -3.56. The van der Waals surface area contributed by atoms with Crippen molar-refractivity contribution in [3.8, 4) is 0 Å². The molecule has 2 aromatic rings. The predicted molar refractivity (Wildman–Crippen MR) is 129 cm³/mol. The minimum Gasteiger partial charge on any atom is -0.341 e. The molecular formula is C24H33N3O3S2. The van der Waals surface area contributed by atoms with Crippen molar-refractivity contribution in [2.75, 3.05) is 19.8 Å². The van der Waals surface area contributed by atoms with E-state index in [0.717, 1.165) is 31.2 Å². The Morgan fingerprint density at radius 2 is 1.81 bits per heavy atom. The highest BCUT2D eigenvalue weighted by Crippen LogP contribution is 2.27. The summed E-state index contributed by atoms with van der Waals surface area (Å²) in [5, 5.41) is 0.637. The predicted octanol–water partition coefficient (Wildman–Crippen LogP) is 4.40. The Morgan fingerprint density at radius 3 is 2.44 bits per heavy atom. The van der Waals surface area contributed by atoms with Gasteiger partial charge in [-0.2, -0.15) is 4.31 Å². The van der Waals surface area contributed by atoms with E-state index in [1.807, 2.05) is 0 Å². The first-order valence-corrected chi connectivity index (χ1v) is 13.5. The van der Waals surface area contributed by atoms with Gasteiger partial charge >= 0.3 is 0 Å². The number of carbonyl (C=O) groups excluding carboxylic acids is 1. The van der Waals surface area contributed by atoms with E-state index >= 15 is 0 Å². The number of rotatable bonds is 8. The van der Waals surface area contributed by atoms with Crippen LogP contribution in [-0.4, -0.2) is 54.4 Å². The molecule has 32 heavy (non-hydrogen) atoms. The van der Waals surface area contributed by atoms with Gasteiger partial charge in [0.1, 0.15) is 4.90 Å². The highest BCUT2D eigenvalue weighted by molar-refractivity contribution is 7.99. The Balaban J connectivity index is 1.56. The van der Waals surface area contributed by atoms with Crippen molar-refractivity contribution in [3.63, 3.8) is 0 Å². The van der Waals surface area contributed by atoms with Crippen LogP contribution in [0.1, 0.15) is 48.8 Å². The van der Waals surface area contributed by atoms with Crippen molar-refractivity contribution in [1.82, 2.24) is 14.2 Å². The lowest BCUT2D eigenvalue weighted by Crippen LogP contribution is -2.38. The number of aromatic nitrogens is 1. The molecule has 0 atom stereocenters. The van der Waals surface area contributed by atoms with Gasteiger partial charge in [0.25, 0.3) is 0 Å². The first-order chi connectivity index (χ1) is 15.2. The van der Waals surface area contributed by atoms with E-state index in [1.54, 1.807) is 31.1 Å². The van der Waals surface area contributed by atoms with Gasteiger partial charge in [0.05, 0.1) is 10.8 Å². The smallest absolute Gasteiger partial charge is 0.244 e. The lowest BCUT2D eigenvalue weighted by atomic mass is 9.96. The van der Waals surface area contributed by atoms with Crippen molar-refractivity contribution >= 4 is 27.7 Å². The van der Waals surface area contributed by atoms with E-state index in [-0.39, 0.29) is 22.6 Å². The fourth-order valence-corrected chi connectivity index (χ4v) is 6.17. The summed E-state index contributed by atoms with van der Waals surface area (Å²) >= 11 is 1.32. The summed E-state index contributed by atoms with van der Waals surface area (Å²) < 4.78 is 27.4. The average molecular weight is 476 g/mol. The highest BCUT2D eigenvalue weighted by atomic mass is 32.2. The lowest BCUT2D eigenvalue weighted by molar-refractivity contribution is -0.127. The molecule has 1 heterocycles. The van der Waals surface area contributed by atoms with Crippen molar-refractivity contribution in [2.45, 2.75) is 68.5 Å². The third kappa shape index (κ3) is 6.11. The van der Waals surface area contributed by atoms with Crippen molar-refractivity contribution < 1.29 is 13.2 Å². The van der Waals surface area contributed by atoms with Gasteiger partial charge in [0, 0.05) is 32.9 Å². The number of carbonyl (C=O) groups is 1. The van der Waals surface area contributed by atoms with Crippen LogP contribution in [-0.2, 0) is 21.4 Å².